The van der Waals surface area contributed by atoms with Crippen LogP contribution in [-0.4, -0.2) is 0 Å². The third-order valence-electron chi connectivity index (χ3n) is 10.7. The summed E-state index contributed by atoms with van der Waals surface area (Å²) in [5.41, 5.74) is 13.9. The molecule has 8 aromatic rings. The largest absolute Gasteiger partial charge is 0.311 e. The molecule has 0 unspecified atom stereocenters. The Morgan fingerprint density at radius 2 is 0.491 bits per heavy atom. The Kier molecular flexibility index (Phi) is 9.66. The van der Waals surface area contributed by atoms with E-state index in [4.69, 9.17) is 0 Å². The molecule has 1 aliphatic carbocycles. The highest BCUT2D eigenvalue weighted by atomic mass is 15.2. The van der Waals surface area contributed by atoms with Crippen LogP contribution in [0.2, 0.25) is 0 Å². The molecule has 1 aliphatic rings. The zero-order valence-corrected chi connectivity index (χ0v) is 30.8. The van der Waals surface area contributed by atoms with Crippen molar-refractivity contribution in [3.63, 3.8) is 0 Å². The fraction of sp³-hybridized carbons (Fsp3) is 0.0769. The fourth-order valence-electron chi connectivity index (χ4n) is 7.64. The summed E-state index contributed by atoms with van der Waals surface area (Å²) in [5.74, 6) is 0.739. The molecule has 0 aromatic heterocycles. The molecule has 0 amide bonds. The normalized spacial score (nSPS) is 12.4. The van der Waals surface area contributed by atoms with E-state index in [1.807, 2.05) is 0 Å². The van der Waals surface area contributed by atoms with Gasteiger partial charge in [-0.1, -0.05) is 116 Å². The van der Waals surface area contributed by atoms with Gasteiger partial charge in [-0.3, -0.25) is 0 Å². The van der Waals surface area contributed by atoms with Crippen LogP contribution >= 0.6 is 0 Å². The zero-order valence-electron chi connectivity index (χ0n) is 30.8. The fourth-order valence-corrected chi connectivity index (χ4v) is 7.64. The summed E-state index contributed by atoms with van der Waals surface area (Å²) in [6.45, 7) is 0. The highest BCUT2D eigenvalue weighted by Gasteiger charge is 2.20. The van der Waals surface area contributed by atoms with Crippen LogP contribution in [0.5, 0.6) is 0 Å². The van der Waals surface area contributed by atoms with Crippen LogP contribution in [-0.2, 0) is 0 Å². The Morgan fingerprint density at radius 3 is 0.745 bits per heavy atom. The van der Waals surface area contributed by atoms with Gasteiger partial charge in [0.25, 0.3) is 0 Å². The maximum absolute atomic E-state index is 2.35. The van der Waals surface area contributed by atoms with Gasteiger partial charge < -0.3 is 14.7 Å². The summed E-state index contributed by atoms with van der Waals surface area (Å²) in [5, 5.41) is 0. The Hall–Kier alpha value is -6.84. The first-order valence-corrected chi connectivity index (χ1v) is 19.3. The minimum absolute atomic E-state index is 0.739. The van der Waals surface area contributed by atoms with Crippen molar-refractivity contribution in [2.75, 3.05) is 14.7 Å². The van der Waals surface area contributed by atoms with Crippen LogP contribution < -0.4 is 14.7 Å². The molecule has 0 N–H and O–H groups in total. The van der Waals surface area contributed by atoms with E-state index < -0.39 is 0 Å². The van der Waals surface area contributed by atoms with E-state index in [9.17, 15) is 0 Å². The molecule has 0 saturated heterocycles. The smallest absolute Gasteiger partial charge is 0.0463 e. The number of para-hydroxylation sites is 4. The summed E-state index contributed by atoms with van der Waals surface area (Å²) in [4.78, 5) is 6.95. The predicted octanol–water partition coefficient (Wildman–Crippen LogP) is 15.0. The van der Waals surface area contributed by atoms with Gasteiger partial charge in [-0.15, -0.1) is 0 Å². The highest BCUT2D eigenvalue weighted by Crippen LogP contribution is 2.42. The molecular formula is C52H43N3. The van der Waals surface area contributed by atoms with E-state index in [1.165, 1.54) is 36.0 Å². The lowest BCUT2D eigenvalue weighted by molar-refractivity contribution is 0.420. The molecule has 1 saturated carbocycles. The standard InChI is InChI=1S/C52H43N3/c1-5-16-44(17-6-1)53(45-18-7-2-8-19-45)49-32-36-51(37-33-49)55(48-30-28-43(29-31-48)42-26-24-41(25-27-42)40-14-13-15-40)52-38-34-50(35-39-52)54(46-20-9-3-10-21-46)47-22-11-4-12-23-47/h1-12,16-40H,13-15H2. The van der Waals surface area contributed by atoms with Crippen molar-refractivity contribution in [1.29, 1.82) is 0 Å². The van der Waals surface area contributed by atoms with E-state index in [0.29, 0.717) is 0 Å². The minimum atomic E-state index is 0.739. The Balaban J connectivity index is 1.09. The maximum atomic E-state index is 2.35. The summed E-state index contributed by atoms with van der Waals surface area (Å²) < 4.78 is 0. The van der Waals surface area contributed by atoms with E-state index >= 15 is 0 Å². The van der Waals surface area contributed by atoms with Crippen molar-refractivity contribution in [3.8, 4) is 11.1 Å². The molecule has 0 atom stereocenters. The van der Waals surface area contributed by atoms with Crippen molar-refractivity contribution in [2.45, 2.75) is 25.2 Å². The van der Waals surface area contributed by atoms with E-state index in [2.05, 4.69) is 233 Å². The Labute approximate surface area is 325 Å². The van der Waals surface area contributed by atoms with Gasteiger partial charge >= 0.3 is 0 Å². The molecule has 266 valence electrons. The van der Waals surface area contributed by atoms with Crippen molar-refractivity contribution >= 4 is 51.2 Å². The van der Waals surface area contributed by atoms with Crippen LogP contribution in [0.4, 0.5) is 51.2 Å². The lowest BCUT2D eigenvalue weighted by atomic mass is 9.80. The van der Waals surface area contributed by atoms with Gasteiger partial charge in [0.05, 0.1) is 0 Å². The average Bonchev–Trinajstić information content (AvgIpc) is 3.24. The van der Waals surface area contributed by atoms with Crippen LogP contribution in [0.3, 0.4) is 0 Å². The first-order valence-electron chi connectivity index (χ1n) is 19.3. The summed E-state index contributed by atoms with van der Waals surface area (Å²) in [6, 6.07) is 78.3. The first kappa shape index (κ1) is 34.0. The molecule has 0 radical (unpaired) electrons. The monoisotopic (exact) mass is 709 g/mol. The molecule has 3 heteroatoms. The van der Waals surface area contributed by atoms with Gasteiger partial charge in [-0.05, 0) is 145 Å². The first-order chi connectivity index (χ1) is 27.3. The molecular weight excluding hydrogens is 667 g/mol. The number of nitrogens with zero attached hydrogens (tertiary/aromatic N) is 3. The SMILES string of the molecule is c1ccc(N(c2ccccc2)c2ccc(N(c3ccc(-c4ccc(C5CCC5)cc4)cc3)c3ccc(N(c4ccccc4)c4ccccc4)cc3)cc2)cc1. The van der Waals surface area contributed by atoms with Gasteiger partial charge in [0.1, 0.15) is 0 Å². The molecule has 0 heterocycles. The van der Waals surface area contributed by atoms with E-state index in [1.54, 1.807) is 0 Å². The second-order valence-corrected chi connectivity index (χ2v) is 14.2. The van der Waals surface area contributed by atoms with E-state index in [0.717, 1.165) is 57.1 Å². The molecule has 0 bridgehead atoms. The van der Waals surface area contributed by atoms with Crippen LogP contribution in [0.15, 0.2) is 218 Å². The van der Waals surface area contributed by atoms with Crippen molar-refractivity contribution in [1.82, 2.24) is 0 Å². The quantitative estimate of drug-likeness (QED) is 0.132. The van der Waals surface area contributed by atoms with Crippen molar-refractivity contribution in [2.24, 2.45) is 0 Å². The second-order valence-electron chi connectivity index (χ2n) is 14.2. The molecule has 9 rings (SSSR count). The average molecular weight is 710 g/mol. The Bertz CT molecular complexity index is 2200. The van der Waals surface area contributed by atoms with Gasteiger partial charge in [-0.25, -0.2) is 0 Å². The molecule has 0 aliphatic heterocycles. The summed E-state index contributed by atoms with van der Waals surface area (Å²) in [7, 11) is 0. The molecule has 8 aromatic carbocycles. The third-order valence-corrected chi connectivity index (χ3v) is 10.7. The lowest BCUT2D eigenvalue weighted by Crippen LogP contribution is -2.13. The second kappa shape index (κ2) is 15.6. The van der Waals surface area contributed by atoms with Gasteiger partial charge in [-0.2, -0.15) is 0 Å². The summed E-state index contributed by atoms with van der Waals surface area (Å²) in [6.07, 6.45) is 3.99. The number of hydrogen-bond donors (Lipinski definition) is 0. The van der Waals surface area contributed by atoms with Gasteiger partial charge in [0, 0.05) is 51.2 Å². The molecule has 55 heavy (non-hydrogen) atoms. The maximum Gasteiger partial charge on any atom is 0.0463 e. The van der Waals surface area contributed by atoms with E-state index in [-0.39, 0.29) is 0 Å². The predicted molar refractivity (Wildman–Crippen MR) is 233 cm³/mol. The van der Waals surface area contributed by atoms with Crippen molar-refractivity contribution in [3.05, 3.63) is 224 Å². The van der Waals surface area contributed by atoms with Crippen molar-refractivity contribution < 1.29 is 0 Å². The van der Waals surface area contributed by atoms with Crippen LogP contribution in [0, 0.1) is 0 Å². The number of hydrogen-bond acceptors (Lipinski definition) is 3. The minimum Gasteiger partial charge on any atom is -0.311 e. The lowest BCUT2D eigenvalue weighted by Gasteiger charge is -2.29. The molecule has 1 fully saturated rings. The number of benzene rings is 8. The van der Waals surface area contributed by atoms with Crippen LogP contribution in [0.1, 0.15) is 30.7 Å². The summed E-state index contributed by atoms with van der Waals surface area (Å²) >= 11 is 0. The van der Waals surface area contributed by atoms with Crippen LogP contribution in [0.25, 0.3) is 11.1 Å². The highest BCUT2D eigenvalue weighted by molar-refractivity contribution is 5.84. The Morgan fingerprint density at radius 1 is 0.255 bits per heavy atom. The topological polar surface area (TPSA) is 9.72 Å². The number of rotatable bonds is 11. The zero-order chi connectivity index (χ0) is 36.8. The molecule has 0 spiro atoms. The van der Waals surface area contributed by atoms with Gasteiger partial charge in [0.2, 0.25) is 0 Å². The van der Waals surface area contributed by atoms with Gasteiger partial charge in [0.15, 0.2) is 0 Å². The number of anilines is 9. The molecule has 3 nitrogen and oxygen atoms in total. The third kappa shape index (κ3) is 7.25.